The summed E-state index contributed by atoms with van der Waals surface area (Å²) in [4.78, 5) is 19.2. The number of aromatic nitrogens is 1. The molecule has 128 valence electrons. The molecule has 0 spiro atoms. The van der Waals surface area contributed by atoms with E-state index in [9.17, 15) is 4.79 Å². The number of carbonyl (C=O) groups is 1. The van der Waals surface area contributed by atoms with Gasteiger partial charge in [0, 0.05) is 49.0 Å². The molecular weight excluding hydrogens is 328 g/mol. The molecule has 3 heterocycles. The van der Waals surface area contributed by atoms with Crippen LogP contribution in [0, 0.1) is 5.92 Å². The van der Waals surface area contributed by atoms with Crippen molar-refractivity contribution in [1.29, 1.82) is 0 Å². The quantitative estimate of drug-likeness (QED) is 0.850. The van der Waals surface area contributed by atoms with Crippen molar-refractivity contribution in [1.82, 2.24) is 15.2 Å². The second-order valence-electron chi connectivity index (χ2n) is 6.60. The van der Waals surface area contributed by atoms with E-state index >= 15 is 0 Å². The van der Waals surface area contributed by atoms with Crippen LogP contribution in [0.2, 0.25) is 0 Å². The van der Waals surface area contributed by atoms with E-state index in [1.165, 1.54) is 24.2 Å². The second kappa shape index (κ2) is 8.46. The number of anilines is 1. The lowest BCUT2D eigenvalue weighted by Crippen LogP contribution is -2.39. The van der Waals surface area contributed by atoms with Gasteiger partial charge in [-0.1, -0.05) is 6.92 Å². The Morgan fingerprint density at radius 2 is 2.48 bits per heavy atom. The van der Waals surface area contributed by atoms with Crippen molar-refractivity contribution < 1.29 is 4.79 Å². The Kier molecular flexibility index (Phi) is 6.33. The third-order valence-electron chi connectivity index (χ3n) is 4.36. The Morgan fingerprint density at radius 1 is 1.57 bits per heavy atom. The molecule has 1 amide bonds. The number of carbonyl (C=O) groups excluding carboxylic acids is 1. The third-order valence-corrected chi connectivity index (χ3v) is 6.29. The highest BCUT2D eigenvalue weighted by atomic mass is 32.2. The fourth-order valence-corrected chi connectivity index (χ4v) is 4.91. The van der Waals surface area contributed by atoms with Crippen molar-refractivity contribution in [3.8, 4) is 0 Å². The highest BCUT2D eigenvalue weighted by Gasteiger charge is 2.19. The van der Waals surface area contributed by atoms with E-state index in [-0.39, 0.29) is 5.91 Å². The summed E-state index contributed by atoms with van der Waals surface area (Å²) in [5, 5.41) is 9.16. The first kappa shape index (κ1) is 17.2. The number of amides is 1. The molecule has 0 radical (unpaired) electrons. The van der Waals surface area contributed by atoms with Gasteiger partial charge in [0.05, 0.1) is 5.69 Å². The summed E-state index contributed by atoms with van der Waals surface area (Å²) in [5.74, 6) is 3.01. The predicted octanol–water partition coefficient (Wildman–Crippen LogP) is 2.41. The van der Waals surface area contributed by atoms with Crippen LogP contribution < -0.4 is 10.6 Å². The van der Waals surface area contributed by atoms with Crippen LogP contribution in [0.4, 0.5) is 5.13 Å². The second-order valence-corrected chi connectivity index (χ2v) is 8.61. The van der Waals surface area contributed by atoms with Gasteiger partial charge in [-0.2, -0.15) is 11.8 Å². The van der Waals surface area contributed by atoms with Gasteiger partial charge in [0.1, 0.15) is 0 Å². The van der Waals surface area contributed by atoms with E-state index in [0.717, 1.165) is 54.4 Å². The van der Waals surface area contributed by atoms with Gasteiger partial charge in [-0.3, -0.25) is 9.69 Å². The summed E-state index contributed by atoms with van der Waals surface area (Å²) in [6.45, 7) is 6.53. The van der Waals surface area contributed by atoms with Crippen LogP contribution in [0.1, 0.15) is 31.9 Å². The molecule has 0 aliphatic carbocycles. The topological polar surface area (TPSA) is 57.3 Å². The summed E-state index contributed by atoms with van der Waals surface area (Å²) >= 11 is 3.45. The maximum absolute atomic E-state index is 12.1. The molecule has 0 aromatic carbocycles. The van der Waals surface area contributed by atoms with E-state index in [0.29, 0.717) is 12.5 Å². The Hall–Kier alpha value is -0.630. The number of thiazole rings is 1. The number of likely N-dealkylation sites (tertiary alicyclic amines) is 1. The molecule has 2 N–H and O–H groups in total. The monoisotopic (exact) mass is 354 g/mol. The Balaban J connectivity index is 1.45. The zero-order valence-corrected chi connectivity index (χ0v) is 15.3. The summed E-state index contributed by atoms with van der Waals surface area (Å²) < 4.78 is 0. The highest BCUT2D eigenvalue weighted by Crippen LogP contribution is 2.21. The van der Waals surface area contributed by atoms with Crippen molar-refractivity contribution in [2.45, 2.75) is 38.8 Å². The zero-order chi connectivity index (χ0) is 16.1. The molecule has 23 heavy (non-hydrogen) atoms. The Labute approximate surface area is 146 Å². The largest absolute Gasteiger partial charge is 0.312 e. The standard InChI is InChI=1S/C16H26N4OS2/c1-12-3-2-5-20(8-12)9-14-11-23-16(18-14)19-15(21)7-13-10-22-6-4-17-13/h11-13,17H,2-10H2,1H3,(H,18,19,21). The minimum Gasteiger partial charge on any atom is -0.312 e. The van der Waals surface area contributed by atoms with E-state index in [1.54, 1.807) is 0 Å². The molecule has 1 aromatic heterocycles. The molecule has 7 heteroatoms. The van der Waals surface area contributed by atoms with Gasteiger partial charge in [0.25, 0.3) is 0 Å². The van der Waals surface area contributed by atoms with Gasteiger partial charge in [0.2, 0.25) is 5.91 Å². The molecule has 1 aromatic rings. The predicted molar refractivity (Wildman–Crippen MR) is 98.2 cm³/mol. The number of nitrogens with one attached hydrogen (secondary N) is 2. The summed E-state index contributed by atoms with van der Waals surface area (Å²) in [7, 11) is 0. The number of hydrogen-bond donors (Lipinski definition) is 2. The van der Waals surface area contributed by atoms with E-state index < -0.39 is 0 Å². The molecule has 2 aliphatic heterocycles. The van der Waals surface area contributed by atoms with Gasteiger partial charge in [-0.05, 0) is 25.3 Å². The van der Waals surface area contributed by atoms with Crippen molar-refractivity contribution in [3.05, 3.63) is 11.1 Å². The summed E-state index contributed by atoms with van der Waals surface area (Å²) in [6.07, 6.45) is 3.15. The van der Waals surface area contributed by atoms with Gasteiger partial charge in [-0.25, -0.2) is 4.98 Å². The average Bonchev–Trinajstić information content (AvgIpc) is 2.95. The Morgan fingerprint density at radius 3 is 3.26 bits per heavy atom. The number of rotatable bonds is 5. The van der Waals surface area contributed by atoms with Crippen LogP contribution in [0.25, 0.3) is 0 Å². The lowest BCUT2D eigenvalue weighted by Gasteiger charge is -2.30. The smallest absolute Gasteiger partial charge is 0.227 e. The lowest BCUT2D eigenvalue weighted by atomic mass is 10.0. The van der Waals surface area contributed by atoms with Gasteiger partial charge in [-0.15, -0.1) is 11.3 Å². The van der Waals surface area contributed by atoms with Crippen LogP contribution in [0.5, 0.6) is 0 Å². The molecule has 2 unspecified atom stereocenters. The average molecular weight is 355 g/mol. The first-order chi connectivity index (χ1) is 11.2. The molecule has 2 aliphatic rings. The van der Waals surface area contributed by atoms with E-state index in [4.69, 9.17) is 0 Å². The molecule has 2 atom stereocenters. The number of piperidine rings is 1. The summed E-state index contributed by atoms with van der Waals surface area (Å²) in [5.41, 5.74) is 1.07. The van der Waals surface area contributed by atoms with Crippen LogP contribution in [0.15, 0.2) is 5.38 Å². The van der Waals surface area contributed by atoms with Crippen molar-refractivity contribution in [2.75, 3.05) is 36.5 Å². The fourth-order valence-electron chi connectivity index (χ4n) is 3.24. The Bertz CT molecular complexity index is 516. The van der Waals surface area contributed by atoms with Crippen LogP contribution >= 0.6 is 23.1 Å². The van der Waals surface area contributed by atoms with Crippen molar-refractivity contribution >= 4 is 34.1 Å². The van der Waals surface area contributed by atoms with Gasteiger partial charge in [0.15, 0.2) is 5.13 Å². The van der Waals surface area contributed by atoms with Crippen LogP contribution in [-0.4, -0.2) is 53.0 Å². The molecule has 2 fully saturated rings. The molecule has 0 bridgehead atoms. The van der Waals surface area contributed by atoms with Gasteiger partial charge >= 0.3 is 0 Å². The van der Waals surface area contributed by atoms with Crippen molar-refractivity contribution in [3.63, 3.8) is 0 Å². The van der Waals surface area contributed by atoms with Crippen LogP contribution in [-0.2, 0) is 11.3 Å². The van der Waals surface area contributed by atoms with E-state index in [2.05, 4.69) is 32.8 Å². The fraction of sp³-hybridized carbons (Fsp3) is 0.750. The molecule has 3 rings (SSSR count). The van der Waals surface area contributed by atoms with E-state index in [1.807, 2.05) is 11.8 Å². The molecule has 2 saturated heterocycles. The molecular formula is C16H26N4OS2. The number of thioether (sulfide) groups is 1. The molecule has 5 nitrogen and oxygen atoms in total. The highest BCUT2D eigenvalue weighted by molar-refractivity contribution is 7.99. The third kappa shape index (κ3) is 5.45. The summed E-state index contributed by atoms with van der Waals surface area (Å²) in [6, 6.07) is 0.294. The normalized spacial score (nSPS) is 26.1. The van der Waals surface area contributed by atoms with Crippen LogP contribution in [0.3, 0.4) is 0 Å². The zero-order valence-electron chi connectivity index (χ0n) is 13.7. The SMILES string of the molecule is CC1CCCN(Cc2csc(NC(=O)CC3CSCCN3)n2)C1. The van der Waals surface area contributed by atoms with Crippen molar-refractivity contribution in [2.24, 2.45) is 5.92 Å². The maximum Gasteiger partial charge on any atom is 0.227 e. The number of hydrogen-bond acceptors (Lipinski definition) is 6. The molecule has 0 saturated carbocycles. The maximum atomic E-state index is 12.1. The minimum atomic E-state index is 0.0671. The number of nitrogens with zero attached hydrogens (tertiary/aromatic N) is 2. The first-order valence-electron chi connectivity index (χ1n) is 8.47. The minimum absolute atomic E-state index is 0.0671. The van der Waals surface area contributed by atoms with Gasteiger partial charge < -0.3 is 10.6 Å². The first-order valence-corrected chi connectivity index (χ1v) is 10.5. The lowest BCUT2D eigenvalue weighted by molar-refractivity contribution is -0.116.